The van der Waals surface area contributed by atoms with Crippen molar-refractivity contribution in [2.75, 3.05) is 25.4 Å². The minimum absolute atomic E-state index is 0.233. The molecule has 3 heterocycles. The molecule has 1 aromatic carbocycles. The number of benzene rings is 1. The van der Waals surface area contributed by atoms with Crippen LogP contribution in [0.4, 0.5) is 14.5 Å². The summed E-state index contributed by atoms with van der Waals surface area (Å²) in [7, 11) is -4.05. The number of halogens is 2. The molecule has 116 valence electrons. The van der Waals surface area contributed by atoms with Crippen LogP contribution >= 0.6 is 0 Å². The van der Waals surface area contributed by atoms with E-state index in [1.807, 2.05) is 0 Å². The number of anilines is 1. The summed E-state index contributed by atoms with van der Waals surface area (Å²) >= 11 is 0. The summed E-state index contributed by atoms with van der Waals surface area (Å²) in [5, 5.41) is 0. The summed E-state index contributed by atoms with van der Waals surface area (Å²) in [6.07, 6.45) is 1.86. The fourth-order valence-corrected chi connectivity index (χ4v) is 4.50. The van der Waals surface area contributed by atoms with E-state index in [-0.39, 0.29) is 12.0 Å². The molecule has 5 nitrogen and oxygen atoms in total. The second kappa shape index (κ2) is 5.19. The zero-order valence-electron chi connectivity index (χ0n) is 11.4. The molecule has 21 heavy (non-hydrogen) atoms. The van der Waals surface area contributed by atoms with Gasteiger partial charge in [-0.15, -0.1) is 0 Å². The second-order valence-electron chi connectivity index (χ2n) is 5.64. The van der Waals surface area contributed by atoms with Crippen LogP contribution in [-0.2, 0) is 10.0 Å². The van der Waals surface area contributed by atoms with E-state index in [2.05, 4.69) is 9.62 Å². The van der Waals surface area contributed by atoms with Crippen molar-refractivity contribution in [3.63, 3.8) is 0 Å². The van der Waals surface area contributed by atoms with Crippen molar-refractivity contribution in [2.24, 2.45) is 5.92 Å². The van der Waals surface area contributed by atoms with Gasteiger partial charge in [0, 0.05) is 12.6 Å². The van der Waals surface area contributed by atoms with Gasteiger partial charge in [0.25, 0.3) is 0 Å². The zero-order chi connectivity index (χ0) is 15.2. The average molecular weight is 317 g/mol. The van der Waals surface area contributed by atoms with Gasteiger partial charge >= 0.3 is 0 Å². The molecule has 3 aliphatic heterocycles. The van der Waals surface area contributed by atoms with Crippen LogP contribution in [0.3, 0.4) is 0 Å². The Morgan fingerprint density at radius 2 is 1.90 bits per heavy atom. The summed E-state index contributed by atoms with van der Waals surface area (Å²) in [6.45, 7) is 2.57. The Kier molecular flexibility index (Phi) is 3.62. The van der Waals surface area contributed by atoms with E-state index < -0.39 is 32.2 Å². The Balaban J connectivity index is 1.86. The Hall–Kier alpha value is -1.25. The van der Waals surface area contributed by atoms with Crippen molar-refractivity contribution in [1.29, 1.82) is 0 Å². The molecule has 4 rings (SSSR count). The first-order valence-electron chi connectivity index (χ1n) is 6.86. The largest absolute Gasteiger partial charge is 0.394 e. The maximum atomic E-state index is 13.9. The summed E-state index contributed by atoms with van der Waals surface area (Å²) < 4.78 is 54.2. The third-order valence-corrected chi connectivity index (χ3v) is 5.85. The van der Waals surface area contributed by atoms with E-state index in [0.29, 0.717) is 6.54 Å². The smallest absolute Gasteiger partial charge is 0.243 e. The fourth-order valence-electron chi connectivity index (χ4n) is 3.12. The van der Waals surface area contributed by atoms with Crippen LogP contribution in [0.1, 0.15) is 12.8 Å². The lowest BCUT2D eigenvalue weighted by atomic mass is 9.85. The van der Waals surface area contributed by atoms with Gasteiger partial charge in [-0.1, -0.05) is 0 Å². The van der Waals surface area contributed by atoms with Crippen LogP contribution < -0.4 is 10.5 Å². The highest BCUT2D eigenvalue weighted by Gasteiger charge is 2.37. The summed E-state index contributed by atoms with van der Waals surface area (Å²) in [4.78, 5) is 1.58. The molecule has 0 radical (unpaired) electrons. The molecule has 2 bridgehead atoms. The van der Waals surface area contributed by atoms with Crippen LogP contribution in [0.2, 0.25) is 0 Å². The summed E-state index contributed by atoms with van der Waals surface area (Å²) in [6, 6.07) is 1.54. The number of nitrogens with one attached hydrogen (secondary N) is 1. The average Bonchev–Trinajstić information content (AvgIpc) is 2.45. The lowest BCUT2D eigenvalue weighted by Gasteiger charge is -2.44. The topological polar surface area (TPSA) is 75.4 Å². The summed E-state index contributed by atoms with van der Waals surface area (Å²) in [5.41, 5.74) is 4.45. The van der Waals surface area contributed by atoms with Crippen LogP contribution in [0.5, 0.6) is 0 Å². The molecular formula is C13H17F2N3O2S. The number of nitrogens with zero attached hydrogens (tertiary/aromatic N) is 1. The molecule has 0 spiro atoms. The van der Waals surface area contributed by atoms with Crippen molar-refractivity contribution in [3.05, 3.63) is 23.8 Å². The van der Waals surface area contributed by atoms with Gasteiger partial charge in [0.2, 0.25) is 10.0 Å². The Bertz CT molecular complexity index is 658. The Labute approximate surface area is 122 Å². The molecule has 1 atom stereocenters. The maximum absolute atomic E-state index is 13.9. The number of nitrogens with two attached hydrogens (primary N) is 1. The number of rotatable bonds is 3. The van der Waals surface area contributed by atoms with Gasteiger partial charge in [0.15, 0.2) is 5.82 Å². The van der Waals surface area contributed by atoms with Crippen LogP contribution in [0.25, 0.3) is 0 Å². The first kappa shape index (κ1) is 14.7. The van der Waals surface area contributed by atoms with E-state index in [4.69, 9.17) is 5.73 Å². The van der Waals surface area contributed by atoms with Crippen LogP contribution in [0.15, 0.2) is 17.0 Å². The molecule has 0 amide bonds. The predicted molar refractivity (Wildman–Crippen MR) is 74.0 cm³/mol. The molecule has 0 aliphatic carbocycles. The number of hydrogen-bond donors (Lipinski definition) is 2. The zero-order valence-corrected chi connectivity index (χ0v) is 12.2. The molecule has 3 aliphatic rings. The highest BCUT2D eigenvalue weighted by Crippen LogP contribution is 2.29. The Morgan fingerprint density at radius 1 is 1.24 bits per heavy atom. The number of nitrogen functional groups attached to an aromatic ring is 1. The van der Waals surface area contributed by atoms with Crippen LogP contribution in [0, 0.1) is 17.6 Å². The molecular weight excluding hydrogens is 300 g/mol. The van der Waals surface area contributed by atoms with Gasteiger partial charge < -0.3 is 10.6 Å². The highest BCUT2D eigenvalue weighted by molar-refractivity contribution is 7.89. The normalized spacial score (nSPS) is 28.8. The van der Waals surface area contributed by atoms with Crippen molar-refractivity contribution in [3.8, 4) is 0 Å². The molecule has 3 N–H and O–H groups in total. The van der Waals surface area contributed by atoms with Crippen LogP contribution in [-0.4, -0.2) is 39.0 Å². The van der Waals surface area contributed by atoms with Gasteiger partial charge in [0.05, 0.1) is 0 Å². The standard InChI is InChI=1S/C13H17F2N3O2S/c14-9-1-2-11(12(15)13(9)16)21(19,20)17-10-7-18-5-3-8(10)4-6-18/h1-2,8,10,17H,3-7,16H2. The van der Waals surface area contributed by atoms with Gasteiger partial charge in [-0.05, 0) is 44.0 Å². The number of fused-ring (bicyclic) bond motifs is 3. The second-order valence-corrected chi connectivity index (χ2v) is 7.32. The van der Waals surface area contributed by atoms with Gasteiger partial charge in [-0.2, -0.15) is 0 Å². The first-order chi connectivity index (χ1) is 9.88. The van der Waals surface area contributed by atoms with Crippen molar-refractivity contribution < 1.29 is 17.2 Å². The van der Waals surface area contributed by atoms with Gasteiger partial charge in [-0.25, -0.2) is 21.9 Å². The van der Waals surface area contributed by atoms with E-state index >= 15 is 0 Å². The SMILES string of the molecule is Nc1c(F)ccc(S(=O)(=O)NC2CN3CCC2CC3)c1F. The van der Waals surface area contributed by atoms with Crippen molar-refractivity contribution in [2.45, 2.75) is 23.8 Å². The number of hydrogen-bond acceptors (Lipinski definition) is 4. The molecule has 1 unspecified atom stereocenters. The number of sulfonamides is 1. The van der Waals surface area contributed by atoms with Crippen molar-refractivity contribution >= 4 is 15.7 Å². The highest BCUT2D eigenvalue weighted by atomic mass is 32.2. The fraction of sp³-hybridized carbons (Fsp3) is 0.538. The minimum atomic E-state index is -4.05. The monoisotopic (exact) mass is 317 g/mol. The number of piperidine rings is 3. The van der Waals surface area contributed by atoms with E-state index in [9.17, 15) is 17.2 Å². The molecule has 0 aromatic heterocycles. The molecule has 1 aromatic rings. The lowest BCUT2D eigenvalue weighted by Crippen LogP contribution is -2.57. The van der Waals surface area contributed by atoms with Crippen molar-refractivity contribution in [1.82, 2.24) is 9.62 Å². The summed E-state index contributed by atoms with van der Waals surface area (Å²) in [5.74, 6) is -1.93. The van der Waals surface area contributed by atoms with E-state index in [1.54, 1.807) is 0 Å². The predicted octanol–water partition coefficient (Wildman–Crippen LogP) is 0.919. The molecule has 8 heteroatoms. The van der Waals surface area contributed by atoms with Gasteiger partial charge in [0.1, 0.15) is 16.4 Å². The lowest BCUT2D eigenvalue weighted by molar-refractivity contribution is 0.0827. The Morgan fingerprint density at radius 3 is 2.48 bits per heavy atom. The third-order valence-electron chi connectivity index (χ3n) is 4.34. The maximum Gasteiger partial charge on any atom is 0.243 e. The van der Waals surface area contributed by atoms with E-state index in [0.717, 1.165) is 38.1 Å². The third kappa shape index (κ3) is 2.63. The molecule has 0 saturated carbocycles. The molecule has 3 saturated heterocycles. The quantitative estimate of drug-likeness (QED) is 0.813. The van der Waals surface area contributed by atoms with E-state index in [1.165, 1.54) is 0 Å². The first-order valence-corrected chi connectivity index (χ1v) is 8.35. The minimum Gasteiger partial charge on any atom is -0.394 e. The van der Waals surface area contributed by atoms with Gasteiger partial charge in [-0.3, -0.25) is 0 Å². The molecule has 3 fully saturated rings.